The second-order valence-corrected chi connectivity index (χ2v) is 4.74. The fraction of sp³-hybridized carbons (Fsp3) is 0.200. The van der Waals surface area contributed by atoms with Gasteiger partial charge in [-0.25, -0.2) is 4.39 Å². The maximum atomic E-state index is 13.5. The van der Waals surface area contributed by atoms with Gasteiger partial charge in [-0.15, -0.1) is 0 Å². The van der Waals surface area contributed by atoms with Crippen molar-refractivity contribution in [2.24, 2.45) is 0 Å². The first kappa shape index (κ1) is 15.8. The van der Waals surface area contributed by atoms with Crippen LogP contribution in [0.4, 0.5) is 18.9 Å². The average Bonchev–Trinajstić information content (AvgIpc) is 2.44. The normalized spacial score (nSPS) is 10.6. The van der Waals surface area contributed by atoms with E-state index in [0.29, 0.717) is 17.5 Å². The highest BCUT2D eigenvalue weighted by atomic mass is 19.2. The molecule has 0 bridgehead atoms. The van der Waals surface area contributed by atoms with Crippen molar-refractivity contribution < 1.29 is 22.7 Å². The molecule has 0 atom stereocenters. The Labute approximate surface area is 124 Å². The van der Waals surface area contributed by atoms with Gasteiger partial charge in [-0.2, -0.15) is 13.8 Å². The van der Waals surface area contributed by atoms with E-state index in [9.17, 15) is 18.0 Å². The molecule has 0 fully saturated rings. The van der Waals surface area contributed by atoms with Crippen LogP contribution < -0.4 is 10.1 Å². The van der Waals surface area contributed by atoms with Crippen LogP contribution in [-0.2, 0) is 0 Å². The SMILES string of the molecule is CC(C)Oc1ccc(NC(=O)c2cc(F)nc(F)c2F)cc1. The summed E-state index contributed by atoms with van der Waals surface area (Å²) in [7, 11) is 0. The fourth-order valence-corrected chi connectivity index (χ4v) is 1.72. The summed E-state index contributed by atoms with van der Waals surface area (Å²) in [6, 6.07) is 6.81. The molecule has 7 heteroatoms. The number of hydrogen-bond acceptors (Lipinski definition) is 3. The number of pyridine rings is 1. The molecule has 2 aromatic rings. The van der Waals surface area contributed by atoms with E-state index in [2.05, 4.69) is 10.3 Å². The van der Waals surface area contributed by atoms with Gasteiger partial charge in [-0.3, -0.25) is 4.79 Å². The number of halogens is 3. The van der Waals surface area contributed by atoms with E-state index in [1.54, 1.807) is 12.1 Å². The van der Waals surface area contributed by atoms with Gasteiger partial charge in [-0.05, 0) is 38.1 Å². The van der Waals surface area contributed by atoms with Crippen LogP contribution in [-0.4, -0.2) is 17.0 Å². The van der Waals surface area contributed by atoms with Crippen molar-refractivity contribution in [1.82, 2.24) is 4.98 Å². The Morgan fingerprint density at radius 2 is 1.82 bits per heavy atom. The lowest BCUT2D eigenvalue weighted by molar-refractivity contribution is 0.102. The van der Waals surface area contributed by atoms with Crippen molar-refractivity contribution in [3.63, 3.8) is 0 Å². The first-order chi connectivity index (χ1) is 10.4. The summed E-state index contributed by atoms with van der Waals surface area (Å²) < 4.78 is 44.8. The molecular weight excluding hydrogens is 297 g/mol. The zero-order valence-electron chi connectivity index (χ0n) is 11.9. The molecule has 0 aliphatic heterocycles. The van der Waals surface area contributed by atoms with Crippen molar-refractivity contribution in [2.75, 3.05) is 5.32 Å². The number of benzene rings is 1. The number of nitrogens with zero attached hydrogens (tertiary/aromatic N) is 1. The molecule has 1 amide bonds. The number of carbonyl (C=O) groups excluding carboxylic acids is 1. The molecule has 116 valence electrons. The van der Waals surface area contributed by atoms with Gasteiger partial charge < -0.3 is 10.1 Å². The standard InChI is InChI=1S/C15H13F3N2O2/c1-8(2)22-10-5-3-9(4-6-10)19-15(21)11-7-12(16)20-14(18)13(11)17/h3-8H,1-2H3,(H,19,21). The maximum absolute atomic E-state index is 13.5. The van der Waals surface area contributed by atoms with Crippen molar-refractivity contribution in [1.29, 1.82) is 0 Å². The number of carbonyl (C=O) groups is 1. The van der Waals surface area contributed by atoms with Gasteiger partial charge in [0.1, 0.15) is 5.75 Å². The summed E-state index contributed by atoms with van der Waals surface area (Å²) in [6.07, 6.45) is -0.00249. The summed E-state index contributed by atoms with van der Waals surface area (Å²) in [4.78, 5) is 14.5. The highest BCUT2D eigenvalue weighted by Gasteiger charge is 2.19. The van der Waals surface area contributed by atoms with E-state index in [4.69, 9.17) is 4.74 Å². The van der Waals surface area contributed by atoms with Crippen LogP contribution in [0.3, 0.4) is 0 Å². The van der Waals surface area contributed by atoms with E-state index < -0.39 is 29.2 Å². The molecule has 0 saturated carbocycles. The molecular formula is C15H13F3N2O2. The average molecular weight is 310 g/mol. The molecule has 0 aliphatic carbocycles. The highest BCUT2D eigenvalue weighted by molar-refractivity contribution is 6.04. The molecule has 2 rings (SSSR count). The Hall–Kier alpha value is -2.57. The van der Waals surface area contributed by atoms with Crippen LogP contribution in [0.1, 0.15) is 24.2 Å². The fourth-order valence-electron chi connectivity index (χ4n) is 1.72. The Kier molecular flexibility index (Phi) is 4.65. The van der Waals surface area contributed by atoms with E-state index in [1.165, 1.54) is 12.1 Å². The number of nitrogens with one attached hydrogen (secondary N) is 1. The van der Waals surface area contributed by atoms with Crippen LogP contribution >= 0.6 is 0 Å². The number of amides is 1. The number of hydrogen-bond donors (Lipinski definition) is 1. The molecule has 1 N–H and O–H groups in total. The number of anilines is 1. The van der Waals surface area contributed by atoms with Crippen molar-refractivity contribution in [3.05, 3.63) is 53.6 Å². The third kappa shape index (κ3) is 3.75. The van der Waals surface area contributed by atoms with Gasteiger partial charge >= 0.3 is 0 Å². The van der Waals surface area contributed by atoms with Gasteiger partial charge in [-0.1, -0.05) is 0 Å². The second kappa shape index (κ2) is 6.46. The monoisotopic (exact) mass is 310 g/mol. The zero-order chi connectivity index (χ0) is 16.3. The predicted molar refractivity (Wildman–Crippen MR) is 74.3 cm³/mol. The first-order valence-electron chi connectivity index (χ1n) is 6.46. The van der Waals surface area contributed by atoms with Crippen LogP contribution in [0.15, 0.2) is 30.3 Å². The van der Waals surface area contributed by atoms with Crippen molar-refractivity contribution >= 4 is 11.6 Å². The van der Waals surface area contributed by atoms with Gasteiger partial charge in [0.05, 0.1) is 11.7 Å². The Morgan fingerprint density at radius 1 is 1.18 bits per heavy atom. The van der Waals surface area contributed by atoms with Crippen LogP contribution in [0, 0.1) is 17.7 Å². The molecule has 1 heterocycles. The molecule has 1 aromatic carbocycles. The lowest BCUT2D eigenvalue weighted by Crippen LogP contribution is -2.16. The quantitative estimate of drug-likeness (QED) is 0.879. The number of ether oxygens (including phenoxy) is 1. The van der Waals surface area contributed by atoms with Crippen molar-refractivity contribution in [3.8, 4) is 5.75 Å². The molecule has 22 heavy (non-hydrogen) atoms. The summed E-state index contributed by atoms with van der Waals surface area (Å²) in [6.45, 7) is 3.73. The summed E-state index contributed by atoms with van der Waals surface area (Å²) in [5.74, 6) is -4.82. The van der Waals surface area contributed by atoms with Crippen LogP contribution in [0.25, 0.3) is 0 Å². The second-order valence-electron chi connectivity index (χ2n) is 4.74. The Balaban J connectivity index is 2.15. The van der Waals surface area contributed by atoms with E-state index in [0.717, 1.165) is 0 Å². The van der Waals surface area contributed by atoms with Gasteiger partial charge in [0.15, 0.2) is 5.82 Å². The maximum Gasteiger partial charge on any atom is 0.258 e. The van der Waals surface area contributed by atoms with Crippen LogP contribution in [0.5, 0.6) is 5.75 Å². The largest absolute Gasteiger partial charge is 0.491 e. The third-order valence-corrected chi connectivity index (χ3v) is 2.61. The van der Waals surface area contributed by atoms with Crippen molar-refractivity contribution in [2.45, 2.75) is 20.0 Å². The number of rotatable bonds is 4. The van der Waals surface area contributed by atoms with E-state index in [1.807, 2.05) is 13.8 Å². The summed E-state index contributed by atoms with van der Waals surface area (Å²) >= 11 is 0. The van der Waals surface area contributed by atoms with Gasteiger partial charge in [0.25, 0.3) is 11.9 Å². The molecule has 0 spiro atoms. The first-order valence-corrected chi connectivity index (χ1v) is 6.46. The summed E-state index contributed by atoms with van der Waals surface area (Å²) in [5.41, 5.74) is -0.425. The molecule has 4 nitrogen and oxygen atoms in total. The van der Waals surface area contributed by atoms with Gasteiger partial charge in [0, 0.05) is 11.8 Å². The highest BCUT2D eigenvalue weighted by Crippen LogP contribution is 2.19. The topological polar surface area (TPSA) is 51.2 Å². The molecule has 0 aliphatic rings. The zero-order valence-corrected chi connectivity index (χ0v) is 11.9. The van der Waals surface area contributed by atoms with Crippen LogP contribution in [0.2, 0.25) is 0 Å². The predicted octanol–water partition coefficient (Wildman–Crippen LogP) is 3.54. The minimum Gasteiger partial charge on any atom is -0.491 e. The number of aromatic nitrogens is 1. The third-order valence-electron chi connectivity index (χ3n) is 2.61. The molecule has 0 saturated heterocycles. The van der Waals surface area contributed by atoms with E-state index in [-0.39, 0.29) is 6.10 Å². The van der Waals surface area contributed by atoms with Gasteiger partial charge in [0.2, 0.25) is 5.95 Å². The molecule has 1 aromatic heterocycles. The Bertz CT molecular complexity index is 688. The molecule has 0 radical (unpaired) electrons. The minimum atomic E-state index is -1.66. The summed E-state index contributed by atoms with van der Waals surface area (Å²) in [5, 5.41) is 2.34. The minimum absolute atomic E-state index is 0.00249. The lowest BCUT2D eigenvalue weighted by Gasteiger charge is -2.11. The lowest BCUT2D eigenvalue weighted by atomic mass is 10.2. The smallest absolute Gasteiger partial charge is 0.258 e. The molecule has 0 unspecified atom stereocenters. The van der Waals surface area contributed by atoms with E-state index >= 15 is 0 Å². The Morgan fingerprint density at radius 3 is 2.41 bits per heavy atom.